The summed E-state index contributed by atoms with van der Waals surface area (Å²) in [6.07, 6.45) is 1.49. The van der Waals surface area contributed by atoms with Gasteiger partial charge in [-0.25, -0.2) is 4.79 Å². The number of hydrogen-bond donors (Lipinski definition) is 2. The lowest BCUT2D eigenvalue weighted by atomic mass is 10.1. The van der Waals surface area contributed by atoms with Crippen molar-refractivity contribution in [3.05, 3.63) is 58.4 Å². The van der Waals surface area contributed by atoms with E-state index in [1.807, 2.05) is 6.07 Å². The molecule has 0 saturated carbocycles. The average Bonchev–Trinajstić information content (AvgIpc) is 2.62. The highest BCUT2D eigenvalue weighted by Crippen LogP contribution is 2.31. The molecule has 0 amide bonds. The second-order valence-electron chi connectivity index (χ2n) is 5.81. The molecule has 0 radical (unpaired) electrons. The lowest BCUT2D eigenvalue weighted by Crippen LogP contribution is -2.21. The Balaban J connectivity index is 1.92. The lowest BCUT2D eigenvalue weighted by Gasteiger charge is -2.21. The fraction of sp³-hybridized carbons (Fsp3) is 0.200. The number of hydrogen-bond acceptors (Lipinski definition) is 6. The molecule has 0 bridgehead atoms. The Hall–Kier alpha value is -3.28. The molecule has 0 aliphatic carbocycles. The lowest BCUT2D eigenvalue weighted by molar-refractivity contribution is 0.473. The molecule has 1 aromatic heterocycles. The van der Waals surface area contributed by atoms with Gasteiger partial charge < -0.3 is 19.5 Å². The van der Waals surface area contributed by atoms with Gasteiger partial charge in [0, 0.05) is 54.1 Å². The number of benzene rings is 2. The highest BCUT2D eigenvalue weighted by molar-refractivity contribution is 5.89. The summed E-state index contributed by atoms with van der Waals surface area (Å²) in [5.41, 5.74) is 1.61. The molecule has 6 heteroatoms. The predicted molar refractivity (Wildman–Crippen MR) is 103 cm³/mol. The predicted octanol–water partition coefficient (Wildman–Crippen LogP) is 3.80. The molecular formula is C20H20N2O4. The van der Waals surface area contributed by atoms with Crippen molar-refractivity contribution in [3.8, 4) is 11.5 Å². The highest BCUT2D eigenvalue weighted by Gasteiger charge is 2.07. The molecule has 2 N–H and O–H groups in total. The smallest absolute Gasteiger partial charge is 0.336 e. The van der Waals surface area contributed by atoms with E-state index in [1.165, 1.54) is 18.3 Å². The van der Waals surface area contributed by atoms with Crippen molar-refractivity contribution in [2.24, 2.45) is 4.99 Å². The van der Waals surface area contributed by atoms with Crippen LogP contribution in [0.1, 0.15) is 19.4 Å². The Morgan fingerprint density at radius 2 is 1.81 bits per heavy atom. The molecule has 26 heavy (non-hydrogen) atoms. The van der Waals surface area contributed by atoms with Crippen LogP contribution in [0.2, 0.25) is 0 Å². The van der Waals surface area contributed by atoms with E-state index in [1.54, 1.807) is 24.3 Å². The molecular weight excluding hydrogens is 332 g/mol. The molecule has 0 atom stereocenters. The van der Waals surface area contributed by atoms with E-state index in [4.69, 9.17) is 4.42 Å². The highest BCUT2D eigenvalue weighted by atomic mass is 16.4. The molecule has 6 nitrogen and oxygen atoms in total. The van der Waals surface area contributed by atoms with E-state index >= 15 is 0 Å². The Labute approximate surface area is 150 Å². The maximum absolute atomic E-state index is 11.2. The van der Waals surface area contributed by atoms with Gasteiger partial charge in [-0.2, -0.15) is 0 Å². The quantitative estimate of drug-likeness (QED) is 0.539. The van der Waals surface area contributed by atoms with Crippen molar-refractivity contribution >= 4 is 28.6 Å². The van der Waals surface area contributed by atoms with E-state index in [0.29, 0.717) is 22.2 Å². The van der Waals surface area contributed by atoms with Crippen LogP contribution in [0.15, 0.2) is 56.7 Å². The summed E-state index contributed by atoms with van der Waals surface area (Å²) in [6, 6.07) is 11.3. The van der Waals surface area contributed by atoms with Gasteiger partial charge in [0.1, 0.15) is 22.8 Å². The summed E-state index contributed by atoms with van der Waals surface area (Å²) < 4.78 is 5.02. The van der Waals surface area contributed by atoms with Crippen LogP contribution in [0, 0.1) is 0 Å². The fourth-order valence-corrected chi connectivity index (χ4v) is 2.76. The Kier molecular flexibility index (Phi) is 4.93. The summed E-state index contributed by atoms with van der Waals surface area (Å²) in [6.45, 7) is 5.82. The van der Waals surface area contributed by atoms with Crippen molar-refractivity contribution in [2.45, 2.75) is 13.8 Å². The number of fused-ring (bicyclic) bond motifs is 1. The van der Waals surface area contributed by atoms with Gasteiger partial charge >= 0.3 is 5.63 Å². The molecule has 2 aromatic carbocycles. The number of phenolic OH excluding ortho intramolecular Hbond substituents is 2. The number of rotatable bonds is 5. The van der Waals surface area contributed by atoms with E-state index in [-0.39, 0.29) is 11.5 Å². The monoisotopic (exact) mass is 352 g/mol. The molecule has 0 saturated heterocycles. The maximum Gasteiger partial charge on any atom is 0.336 e. The third-order valence-electron chi connectivity index (χ3n) is 4.20. The molecule has 3 rings (SSSR count). The van der Waals surface area contributed by atoms with E-state index in [2.05, 4.69) is 23.7 Å². The zero-order valence-corrected chi connectivity index (χ0v) is 14.6. The van der Waals surface area contributed by atoms with Gasteiger partial charge in [-0.15, -0.1) is 0 Å². The van der Waals surface area contributed by atoms with Crippen molar-refractivity contribution < 1.29 is 14.6 Å². The molecule has 3 aromatic rings. The molecule has 1 heterocycles. The molecule has 0 fully saturated rings. The summed E-state index contributed by atoms with van der Waals surface area (Å²) in [7, 11) is 0. The summed E-state index contributed by atoms with van der Waals surface area (Å²) >= 11 is 0. The number of aliphatic imine (C=N–C) groups is 1. The van der Waals surface area contributed by atoms with Crippen LogP contribution in [-0.4, -0.2) is 29.5 Å². The van der Waals surface area contributed by atoms with Gasteiger partial charge in [-0.3, -0.25) is 4.99 Å². The normalized spacial score (nSPS) is 11.3. The van der Waals surface area contributed by atoms with Crippen LogP contribution in [0.25, 0.3) is 11.0 Å². The minimum absolute atomic E-state index is 0.109. The number of nitrogens with zero attached hydrogens (tertiary/aromatic N) is 2. The van der Waals surface area contributed by atoms with Gasteiger partial charge in [0.25, 0.3) is 0 Å². The molecule has 0 spiro atoms. The van der Waals surface area contributed by atoms with Crippen LogP contribution in [0.5, 0.6) is 11.5 Å². The summed E-state index contributed by atoms with van der Waals surface area (Å²) in [4.78, 5) is 17.6. The third kappa shape index (κ3) is 3.54. The second kappa shape index (κ2) is 7.31. The minimum atomic E-state index is -0.480. The number of anilines is 1. The minimum Gasteiger partial charge on any atom is -0.507 e. The number of aromatic hydroxyl groups is 2. The van der Waals surface area contributed by atoms with Crippen molar-refractivity contribution in [1.82, 2.24) is 0 Å². The Morgan fingerprint density at radius 1 is 1.04 bits per heavy atom. The van der Waals surface area contributed by atoms with E-state index < -0.39 is 5.63 Å². The van der Waals surface area contributed by atoms with Crippen LogP contribution >= 0.6 is 0 Å². The second-order valence-corrected chi connectivity index (χ2v) is 5.81. The first-order valence-electron chi connectivity index (χ1n) is 8.40. The first-order valence-corrected chi connectivity index (χ1v) is 8.40. The third-order valence-corrected chi connectivity index (χ3v) is 4.20. The largest absolute Gasteiger partial charge is 0.507 e. The summed E-state index contributed by atoms with van der Waals surface area (Å²) in [5.74, 6) is 0.00627. The van der Waals surface area contributed by atoms with E-state index in [0.717, 1.165) is 18.8 Å². The Bertz CT molecular complexity index is 1020. The van der Waals surface area contributed by atoms with Crippen LogP contribution in [0.3, 0.4) is 0 Å². The SMILES string of the molecule is CCN(CC)c1ccc(C=Nc2cc3ccc(=O)oc3cc2O)c(O)c1. The van der Waals surface area contributed by atoms with E-state index in [9.17, 15) is 15.0 Å². The topological polar surface area (TPSA) is 86.3 Å². The van der Waals surface area contributed by atoms with Crippen LogP contribution in [-0.2, 0) is 0 Å². The fourth-order valence-electron chi connectivity index (χ4n) is 2.76. The molecule has 134 valence electrons. The van der Waals surface area contributed by atoms with Gasteiger partial charge in [-0.05, 0) is 38.1 Å². The average molecular weight is 352 g/mol. The zero-order chi connectivity index (χ0) is 18.7. The van der Waals surface area contributed by atoms with Crippen LogP contribution < -0.4 is 10.5 Å². The Morgan fingerprint density at radius 3 is 2.50 bits per heavy atom. The zero-order valence-electron chi connectivity index (χ0n) is 14.6. The standard InChI is InChI=1S/C20H20N2O4/c1-3-22(4-2)15-7-5-14(17(23)10-15)12-21-16-9-13-6-8-20(25)26-19(13)11-18(16)24/h5-12,23-24H,3-4H2,1-2H3. The molecule has 0 unspecified atom stereocenters. The van der Waals surface area contributed by atoms with Crippen molar-refractivity contribution in [3.63, 3.8) is 0 Å². The first kappa shape index (κ1) is 17.5. The first-order chi connectivity index (χ1) is 12.5. The van der Waals surface area contributed by atoms with Gasteiger partial charge in [0.05, 0.1) is 0 Å². The molecule has 0 aliphatic rings. The maximum atomic E-state index is 11.2. The van der Waals surface area contributed by atoms with Crippen molar-refractivity contribution in [2.75, 3.05) is 18.0 Å². The molecule has 0 aliphatic heterocycles. The van der Waals surface area contributed by atoms with Gasteiger partial charge in [-0.1, -0.05) is 0 Å². The van der Waals surface area contributed by atoms with Crippen molar-refractivity contribution in [1.29, 1.82) is 0 Å². The van der Waals surface area contributed by atoms with Gasteiger partial charge in [0.2, 0.25) is 0 Å². The number of phenols is 2. The van der Waals surface area contributed by atoms with Crippen LogP contribution in [0.4, 0.5) is 11.4 Å². The van der Waals surface area contributed by atoms with Gasteiger partial charge in [0.15, 0.2) is 0 Å². The summed E-state index contributed by atoms with van der Waals surface area (Å²) in [5, 5.41) is 21.0.